The first-order valence-electron chi connectivity index (χ1n) is 8.95. The standard InChI is InChI=1S/C24H22N2/c1-18-19(2)26(17-21-11-7-4-8-12-21)24-22(18)15-16-25-23(24)14-13-20-9-5-3-6-10-20/h3-16H,17H2,1-2H3. The highest BCUT2D eigenvalue weighted by Crippen LogP contribution is 2.28. The van der Waals surface area contributed by atoms with Crippen LogP contribution in [0.25, 0.3) is 23.1 Å². The van der Waals surface area contributed by atoms with Gasteiger partial charge >= 0.3 is 0 Å². The van der Waals surface area contributed by atoms with Gasteiger partial charge in [0.05, 0.1) is 11.2 Å². The van der Waals surface area contributed by atoms with Crippen molar-refractivity contribution in [3.8, 4) is 0 Å². The highest BCUT2D eigenvalue weighted by molar-refractivity contribution is 5.92. The predicted octanol–water partition coefficient (Wildman–Crippen LogP) is 5.87. The predicted molar refractivity (Wildman–Crippen MR) is 110 cm³/mol. The smallest absolute Gasteiger partial charge is 0.0873 e. The third-order valence-corrected chi connectivity index (χ3v) is 4.99. The molecular weight excluding hydrogens is 316 g/mol. The summed E-state index contributed by atoms with van der Waals surface area (Å²) in [4.78, 5) is 4.67. The van der Waals surface area contributed by atoms with Gasteiger partial charge in [-0.1, -0.05) is 66.7 Å². The minimum Gasteiger partial charge on any atom is -0.338 e. The summed E-state index contributed by atoms with van der Waals surface area (Å²) < 4.78 is 2.39. The second kappa shape index (κ2) is 7.01. The van der Waals surface area contributed by atoms with Crippen LogP contribution in [0.15, 0.2) is 72.9 Å². The SMILES string of the molecule is Cc1c(C)n(Cc2ccccc2)c2c(C=Cc3ccccc3)nccc12. The minimum absolute atomic E-state index is 0.856. The highest BCUT2D eigenvalue weighted by Gasteiger charge is 2.14. The molecule has 0 amide bonds. The summed E-state index contributed by atoms with van der Waals surface area (Å²) in [5.41, 5.74) is 7.33. The Hall–Kier alpha value is -3.13. The Kier molecular flexibility index (Phi) is 4.40. The zero-order chi connectivity index (χ0) is 17.9. The molecule has 2 aromatic heterocycles. The molecule has 128 valence electrons. The minimum atomic E-state index is 0.856. The molecule has 0 saturated carbocycles. The maximum Gasteiger partial charge on any atom is 0.0873 e. The van der Waals surface area contributed by atoms with Crippen molar-refractivity contribution >= 4 is 23.1 Å². The van der Waals surface area contributed by atoms with E-state index < -0.39 is 0 Å². The maximum absolute atomic E-state index is 4.67. The van der Waals surface area contributed by atoms with E-state index in [0.717, 1.165) is 12.2 Å². The molecule has 0 unspecified atom stereocenters. The van der Waals surface area contributed by atoms with Crippen LogP contribution in [-0.4, -0.2) is 9.55 Å². The monoisotopic (exact) mass is 338 g/mol. The lowest BCUT2D eigenvalue weighted by Crippen LogP contribution is -2.03. The number of aromatic nitrogens is 2. The summed E-state index contributed by atoms with van der Waals surface area (Å²) in [6, 6.07) is 23.1. The Bertz CT molecular complexity index is 1060. The molecular formula is C24H22N2. The van der Waals surface area contributed by atoms with Crippen molar-refractivity contribution < 1.29 is 0 Å². The number of hydrogen-bond donors (Lipinski definition) is 0. The molecule has 4 aromatic rings. The van der Waals surface area contributed by atoms with Crippen LogP contribution in [0.2, 0.25) is 0 Å². The molecule has 0 spiro atoms. The van der Waals surface area contributed by atoms with Crippen LogP contribution in [0.5, 0.6) is 0 Å². The number of benzene rings is 2. The first kappa shape index (κ1) is 16.3. The first-order chi connectivity index (χ1) is 12.7. The summed E-state index contributed by atoms with van der Waals surface area (Å²) in [5, 5.41) is 1.28. The number of rotatable bonds is 4. The van der Waals surface area contributed by atoms with Gasteiger partial charge in [0.15, 0.2) is 0 Å². The number of hydrogen-bond acceptors (Lipinski definition) is 1. The molecule has 0 aliphatic carbocycles. The lowest BCUT2D eigenvalue weighted by molar-refractivity contribution is 0.798. The lowest BCUT2D eigenvalue weighted by Gasteiger charge is -2.10. The van der Waals surface area contributed by atoms with Gasteiger partial charge in [-0.25, -0.2) is 0 Å². The summed E-state index contributed by atoms with van der Waals surface area (Å²) in [6.45, 7) is 5.25. The molecule has 0 saturated heterocycles. The Morgan fingerprint density at radius 3 is 2.27 bits per heavy atom. The molecule has 0 fully saturated rings. The van der Waals surface area contributed by atoms with Crippen molar-refractivity contribution in [2.75, 3.05) is 0 Å². The average Bonchev–Trinajstić information content (AvgIpc) is 2.93. The maximum atomic E-state index is 4.67. The van der Waals surface area contributed by atoms with Crippen LogP contribution in [0, 0.1) is 13.8 Å². The van der Waals surface area contributed by atoms with Crippen molar-refractivity contribution in [1.29, 1.82) is 0 Å². The van der Waals surface area contributed by atoms with E-state index >= 15 is 0 Å². The van der Waals surface area contributed by atoms with E-state index in [2.05, 4.69) is 96.2 Å². The van der Waals surface area contributed by atoms with E-state index in [9.17, 15) is 0 Å². The lowest BCUT2D eigenvalue weighted by atomic mass is 10.1. The van der Waals surface area contributed by atoms with Crippen molar-refractivity contribution in [2.45, 2.75) is 20.4 Å². The zero-order valence-corrected chi connectivity index (χ0v) is 15.2. The molecule has 0 atom stereocenters. The van der Waals surface area contributed by atoms with E-state index in [1.807, 2.05) is 12.3 Å². The molecule has 0 N–H and O–H groups in total. The van der Waals surface area contributed by atoms with Crippen molar-refractivity contribution in [1.82, 2.24) is 9.55 Å². The fourth-order valence-electron chi connectivity index (χ4n) is 3.45. The van der Waals surface area contributed by atoms with E-state index in [0.29, 0.717) is 0 Å². The number of nitrogens with zero attached hydrogens (tertiary/aromatic N) is 2. The van der Waals surface area contributed by atoms with Crippen molar-refractivity contribution in [3.05, 3.63) is 101 Å². The highest BCUT2D eigenvalue weighted by atomic mass is 15.0. The van der Waals surface area contributed by atoms with Gasteiger partial charge in [-0.3, -0.25) is 4.98 Å². The van der Waals surface area contributed by atoms with Gasteiger partial charge in [0.1, 0.15) is 0 Å². The van der Waals surface area contributed by atoms with Crippen LogP contribution in [0.3, 0.4) is 0 Å². The summed E-state index contributed by atoms with van der Waals surface area (Å²) in [6.07, 6.45) is 6.16. The van der Waals surface area contributed by atoms with Gasteiger partial charge in [0, 0.05) is 23.8 Å². The van der Waals surface area contributed by atoms with Gasteiger partial charge in [0.2, 0.25) is 0 Å². The third-order valence-electron chi connectivity index (χ3n) is 4.99. The zero-order valence-electron chi connectivity index (χ0n) is 15.2. The van der Waals surface area contributed by atoms with E-state index in [-0.39, 0.29) is 0 Å². The van der Waals surface area contributed by atoms with Crippen LogP contribution in [-0.2, 0) is 6.54 Å². The van der Waals surface area contributed by atoms with Gasteiger partial charge in [0.25, 0.3) is 0 Å². The Morgan fingerprint density at radius 1 is 0.846 bits per heavy atom. The van der Waals surface area contributed by atoms with Gasteiger partial charge in [-0.2, -0.15) is 0 Å². The van der Waals surface area contributed by atoms with Crippen LogP contribution in [0.1, 0.15) is 28.1 Å². The molecule has 4 rings (SSSR count). The molecule has 0 bridgehead atoms. The van der Waals surface area contributed by atoms with Crippen LogP contribution >= 0.6 is 0 Å². The van der Waals surface area contributed by atoms with Crippen LogP contribution in [0.4, 0.5) is 0 Å². The molecule has 2 nitrogen and oxygen atoms in total. The topological polar surface area (TPSA) is 17.8 Å². The van der Waals surface area contributed by atoms with Gasteiger partial charge < -0.3 is 4.57 Å². The quantitative estimate of drug-likeness (QED) is 0.455. The van der Waals surface area contributed by atoms with Gasteiger partial charge in [-0.15, -0.1) is 0 Å². The average molecular weight is 338 g/mol. The van der Waals surface area contributed by atoms with Crippen molar-refractivity contribution in [3.63, 3.8) is 0 Å². The normalized spacial score (nSPS) is 11.5. The summed E-state index contributed by atoms with van der Waals surface area (Å²) in [7, 11) is 0. The number of pyridine rings is 1. The number of fused-ring (bicyclic) bond motifs is 1. The van der Waals surface area contributed by atoms with E-state index in [1.54, 1.807) is 0 Å². The Balaban J connectivity index is 1.84. The van der Waals surface area contributed by atoms with Gasteiger partial charge in [-0.05, 0) is 42.7 Å². The fourth-order valence-corrected chi connectivity index (χ4v) is 3.45. The second-order valence-electron chi connectivity index (χ2n) is 6.62. The van der Waals surface area contributed by atoms with Crippen LogP contribution < -0.4 is 0 Å². The summed E-state index contributed by atoms with van der Waals surface area (Å²) in [5.74, 6) is 0. The first-order valence-corrected chi connectivity index (χ1v) is 8.95. The fraction of sp³-hybridized carbons (Fsp3) is 0.125. The Labute approximate surface area is 154 Å². The third kappa shape index (κ3) is 3.06. The van der Waals surface area contributed by atoms with E-state index in [1.165, 1.54) is 33.3 Å². The summed E-state index contributed by atoms with van der Waals surface area (Å²) >= 11 is 0. The molecule has 0 aliphatic heterocycles. The molecule has 2 aromatic carbocycles. The number of aryl methyl sites for hydroxylation is 1. The molecule has 26 heavy (non-hydrogen) atoms. The van der Waals surface area contributed by atoms with E-state index in [4.69, 9.17) is 0 Å². The molecule has 0 aliphatic rings. The molecule has 0 radical (unpaired) electrons. The molecule has 2 heterocycles. The molecule has 2 heteroatoms. The Morgan fingerprint density at radius 2 is 1.54 bits per heavy atom. The van der Waals surface area contributed by atoms with Crippen molar-refractivity contribution in [2.24, 2.45) is 0 Å². The second-order valence-corrected chi connectivity index (χ2v) is 6.62. The largest absolute Gasteiger partial charge is 0.338 e.